The number of halogens is 3. The van der Waals surface area contributed by atoms with Crippen LogP contribution >= 0.6 is 15.9 Å². The molecule has 0 heterocycles. The topological polar surface area (TPSA) is 12.0 Å². The van der Waals surface area contributed by atoms with Crippen LogP contribution in [0.15, 0.2) is 16.6 Å². The first-order valence-corrected chi connectivity index (χ1v) is 6.12. The van der Waals surface area contributed by atoms with E-state index in [1.54, 1.807) is 6.07 Å². The molecule has 0 saturated heterocycles. The summed E-state index contributed by atoms with van der Waals surface area (Å²) in [5.74, 6) is -1.29. The van der Waals surface area contributed by atoms with E-state index in [0.29, 0.717) is 5.92 Å². The lowest BCUT2D eigenvalue weighted by Gasteiger charge is -2.24. The van der Waals surface area contributed by atoms with Crippen molar-refractivity contribution in [3.8, 4) is 0 Å². The molecular weight excluding hydrogens is 276 g/mol. The molecule has 16 heavy (non-hydrogen) atoms. The number of nitrogens with one attached hydrogen (secondary N) is 1. The van der Waals surface area contributed by atoms with Gasteiger partial charge < -0.3 is 5.32 Å². The predicted molar refractivity (Wildman–Crippen MR) is 65.3 cm³/mol. The fourth-order valence-electron chi connectivity index (χ4n) is 1.76. The Bertz CT molecular complexity index is 368. The minimum atomic E-state index is -0.824. The monoisotopic (exact) mass is 291 g/mol. The van der Waals surface area contributed by atoms with Gasteiger partial charge >= 0.3 is 0 Å². The van der Waals surface area contributed by atoms with Gasteiger partial charge in [0.05, 0.1) is 4.47 Å². The molecule has 0 bridgehead atoms. The summed E-state index contributed by atoms with van der Waals surface area (Å²) < 4.78 is 26.6. The number of hydrogen-bond acceptors (Lipinski definition) is 1. The van der Waals surface area contributed by atoms with Crippen LogP contribution in [0, 0.1) is 17.6 Å². The maximum absolute atomic E-state index is 13.4. The molecule has 1 N–H and O–H groups in total. The van der Waals surface area contributed by atoms with E-state index < -0.39 is 11.6 Å². The Hall–Kier alpha value is -0.480. The molecule has 0 spiro atoms. The smallest absolute Gasteiger partial charge is 0.173 e. The second-order valence-corrected chi connectivity index (χ2v) is 4.71. The highest BCUT2D eigenvalue weighted by Gasteiger charge is 2.21. The van der Waals surface area contributed by atoms with Crippen molar-refractivity contribution in [3.63, 3.8) is 0 Å². The fraction of sp³-hybridized carbons (Fsp3) is 0.500. The summed E-state index contributed by atoms with van der Waals surface area (Å²) in [6.07, 6.45) is 0.969. The van der Waals surface area contributed by atoms with Crippen LogP contribution in [0.2, 0.25) is 0 Å². The first-order chi connectivity index (χ1) is 7.52. The van der Waals surface area contributed by atoms with Crippen molar-refractivity contribution in [2.75, 3.05) is 7.05 Å². The fourth-order valence-corrected chi connectivity index (χ4v) is 2.33. The highest BCUT2D eigenvalue weighted by atomic mass is 79.9. The summed E-state index contributed by atoms with van der Waals surface area (Å²) in [4.78, 5) is 0. The van der Waals surface area contributed by atoms with Crippen molar-refractivity contribution >= 4 is 15.9 Å². The Morgan fingerprint density at radius 1 is 1.38 bits per heavy atom. The minimum absolute atomic E-state index is 0.0227. The lowest BCUT2D eigenvalue weighted by Crippen LogP contribution is -2.23. The number of benzene rings is 1. The van der Waals surface area contributed by atoms with Gasteiger partial charge in [-0.2, -0.15) is 0 Å². The highest BCUT2D eigenvalue weighted by molar-refractivity contribution is 9.10. The molecule has 1 nitrogen and oxygen atoms in total. The van der Waals surface area contributed by atoms with Crippen molar-refractivity contribution in [2.24, 2.45) is 5.92 Å². The van der Waals surface area contributed by atoms with Gasteiger partial charge in [0.2, 0.25) is 0 Å². The molecule has 4 heteroatoms. The van der Waals surface area contributed by atoms with Crippen molar-refractivity contribution in [1.29, 1.82) is 0 Å². The third kappa shape index (κ3) is 2.61. The largest absolute Gasteiger partial charge is 0.313 e. The molecule has 2 unspecified atom stereocenters. The van der Waals surface area contributed by atoms with E-state index in [1.165, 1.54) is 6.07 Å². The molecule has 0 saturated carbocycles. The second-order valence-electron chi connectivity index (χ2n) is 3.92. The Balaban J connectivity index is 3.16. The third-order valence-corrected chi connectivity index (χ3v) is 3.73. The molecule has 1 aromatic carbocycles. The Morgan fingerprint density at radius 3 is 2.50 bits per heavy atom. The molecule has 90 valence electrons. The summed E-state index contributed by atoms with van der Waals surface area (Å²) in [6.45, 7) is 4.15. The minimum Gasteiger partial charge on any atom is -0.313 e. The summed E-state index contributed by atoms with van der Waals surface area (Å²) >= 11 is 3.11. The third-order valence-electron chi connectivity index (χ3n) is 2.92. The molecular formula is C12H16BrF2N. The van der Waals surface area contributed by atoms with Gasteiger partial charge in [0.1, 0.15) is 0 Å². The van der Waals surface area contributed by atoms with Crippen LogP contribution in [0.1, 0.15) is 31.9 Å². The molecule has 0 amide bonds. The highest BCUT2D eigenvalue weighted by Crippen LogP contribution is 2.32. The predicted octanol–water partition coefficient (Wildman–Crippen LogP) is 4.03. The van der Waals surface area contributed by atoms with E-state index in [4.69, 9.17) is 0 Å². The summed E-state index contributed by atoms with van der Waals surface area (Å²) in [6, 6.07) is 2.81. The van der Waals surface area contributed by atoms with Gasteiger partial charge in [-0.3, -0.25) is 0 Å². The van der Waals surface area contributed by atoms with Crippen LogP contribution < -0.4 is 5.32 Å². The molecule has 2 atom stereocenters. The van der Waals surface area contributed by atoms with Gasteiger partial charge in [-0.15, -0.1) is 0 Å². The molecule has 0 aromatic heterocycles. The zero-order valence-electron chi connectivity index (χ0n) is 9.65. The van der Waals surface area contributed by atoms with Crippen LogP contribution in [-0.2, 0) is 0 Å². The zero-order chi connectivity index (χ0) is 12.3. The first kappa shape index (κ1) is 13.6. The maximum atomic E-state index is 13.4. The maximum Gasteiger partial charge on any atom is 0.173 e. The van der Waals surface area contributed by atoms with Gasteiger partial charge in [0.15, 0.2) is 11.6 Å². The van der Waals surface area contributed by atoms with Crippen LogP contribution in [0.3, 0.4) is 0 Å². The Labute approximate surface area is 103 Å². The van der Waals surface area contributed by atoms with Crippen LogP contribution in [0.5, 0.6) is 0 Å². The molecule has 1 aromatic rings. The molecule has 0 aliphatic heterocycles. The molecule has 1 rings (SSSR count). The summed E-state index contributed by atoms with van der Waals surface area (Å²) in [5.41, 5.74) is 0.760. The van der Waals surface area contributed by atoms with Crippen molar-refractivity contribution in [3.05, 3.63) is 33.8 Å². The molecule has 0 radical (unpaired) electrons. The molecule has 0 aliphatic carbocycles. The zero-order valence-corrected chi connectivity index (χ0v) is 11.2. The van der Waals surface area contributed by atoms with Crippen LogP contribution in [-0.4, -0.2) is 7.05 Å². The summed E-state index contributed by atoms with van der Waals surface area (Å²) in [5, 5.41) is 3.14. The van der Waals surface area contributed by atoms with E-state index in [-0.39, 0.29) is 10.5 Å². The average Bonchev–Trinajstić information content (AvgIpc) is 2.29. The quantitative estimate of drug-likeness (QED) is 0.826. The van der Waals surface area contributed by atoms with Gasteiger partial charge in [-0.1, -0.05) is 26.3 Å². The van der Waals surface area contributed by atoms with Gasteiger partial charge in [0.25, 0.3) is 0 Å². The Morgan fingerprint density at radius 2 is 2.00 bits per heavy atom. The SMILES string of the molecule is CCC(C)C(NC)c1ccc(F)c(F)c1Br. The number of hydrogen-bond donors (Lipinski definition) is 1. The van der Waals surface area contributed by atoms with E-state index >= 15 is 0 Å². The van der Waals surface area contributed by atoms with Gasteiger partial charge in [-0.25, -0.2) is 8.78 Å². The van der Waals surface area contributed by atoms with Crippen LogP contribution in [0.25, 0.3) is 0 Å². The normalized spacial score (nSPS) is 14.9. The van der Waals surface area contributed by atoms with Crippen LogP contribution in [0.4, 0.5) is 8.78 Å². The average molecular weight is 292 g/mol. The van der Waals surface area contributed by atoms with E-state index in [1.807, 2.05) is 7.05 Å². The standard InChI is InChI=1S/C12H16BrF2N/c1-4-7(2)12(16-3)8-5-6-9(14)11(15)10(8)13/h5-7,12,16H,4H2,1-3H3. The second kappa shape index (κ2) is 5.73. The molecule has 0 aliphatic rings. The van der Waals surface area contributed by atoms with Crippen molar-refractivity contribution < 1.29 is 8.78 Å². The lowest BCUT2D eigenvalue weighted by molar-refractivity contribution is 0.395. The Kier molecular flexibility index (Phi) is 4.87. The van der Waals surface area contributed by atoms with E-state index in [0.717, 1.165) is 12.0 Å². The van der Waals surface area contributed by atoms with E-state index in [9.17, 15) is 8.78 Å². The number of rotatable bonds is 4. The lowest BCUT2D eigenvalue weighted by atomic mass is 9.92. The van der Waals surface area contributed by atoms with E-state index in [2.05, 4.69) is 35.1 Å². The summed E-state index contributed by atoms with van der Waals surface area (Å²) in [7, 11) is 1.82. The van der Waals surface area contributed by atoms with Gasteiger partial charge in [-0.05, 0) is 40.5 Å². The van der Waals surface area contributed by atoms with Crippen molar-refractivity contribution in [2.45, 2.75) is 26.3 Å². The molecule has 0 fully saturated rings. The van der Waals surface area contributed by atoms with Crippen molar-refractivity contribution in [1.82, 2.24) is 5.32 Å². The van der Waals surface area contributed by atoms with Gasteiger partial charge in [0, 0.05) is 6.04 Å². The first-order valence-electron chi connectivity index (χ1n) is 5.33.